The number of hydrogen-bond donors (Lipinski definition) is 3. The Balaban J connectivity index is 1.45. The van der Waals surface area contributed by atoms with Crippen molar-refractivity contribution in [2.45, 2.75) is 32.0 Å². The van der Waals surface area contributed by atoms with Crippen molar-refractivity contribution < 1.29 is 14.3 Å². The van der Waals surface area contributed by atoms with Gasteiger partial charge < -0.3 is 19.4 Å². The number of imidazole rings is 1. The van der Waals surface area contributed by atoms with Crippen LogP contribution < -0.4 is 10.6 Å². The molecule has 0 saturated carbocycles. The lowest BCUT2D eigenvalue weighted by molar-refractivity contribution is 0.102. The van der Waals surface area contributed by atoms with Gasteiger partial charge in [0.1, 0.15) is 0 Å². The molecule has 154 valence electrons. The first-order valence-corrected chi connectivity index (χ1v) is 10.7. The number of aliphatic hydroxyl groups excluding tert-OH is 1. The van der Waals surface area contributed by atoms with E-state index in [0.717, 1.165) is 47.4 Å². The van der Waals surface area contributed by atoms with E-state index in [1.165, 1.54) is 17.7 Å². The zero-order chi connectivity index (χ0) is 20.5. The summed E-state index contributed by atoms with van der Waals surface area (Å²) < 4.78 is 7.35. The molecule has 1 aliphatic rings. The molecule has 30 heavy (non-hydrogen) atoms. The summed E-state index contributed by atoms with van der Waals surface area (Å²) >= 11 is 1.34. The molecule has 5 rings (SSSR count). The molecule has 0 radical (unpaired) electrons. The molecule has 3 aromatic heterocycles. The summed E-state index contributed by atoms with van der Waals surface area (Å²) in [5.41, 5.74) is 2.48. The first kappa shape index (κ1) is 19.0. The maximum atomic E-state index is 12.9. The van der Waals surface area contributed by atoms with Crippen molar-refractivity contribution in [2.75, 3.05) is 11.9 Å². The molecule has 4 heterocycles. The van der Waals surface area contributed by atoms with Gasteiger partial charge in [0.05, 0.1) is 33.6 Å². The second-order valence-corrected chi connectivity index (χ2v) is 8.39. The molecule has 1 aromatic carbocycles. The molecule has 1 saturated heterocycles. The molecule has 9 heteroatoms. The first-order valence-electron chi connectivity index (χ1n) is 9.85. The van der Waals surface area contributed by atoms with E-state index in [1.807, 2.05) is 28.8 Å². The molecule has 1 unspecified atom stereocenters. The third-order valence-corrected chi connectivity index (χ3v) is 6.39. The fraction of sp³-hybridized carbons (Fsp3) is 0.286. The van der Waals surface area contributed by atoms with Crippen LogP contribution in [0.4, 0.5) is 5.95 Å². The average molecular weight is 423 g/mol. The molecular formula is C21H21N5O3S. The number of thiophene rings is 1. The van der Waals surface area contributed by atoms with Crippen LogP contribution in [0.1, 0.15) is 28.1 Å². The number of nitrogens with one attached hydrogen (secondary N) is 2. The Bertz CT molecular complexity index is 1170. The topological polar surface area (TPSA) is 105 Å². The predicted molar refractivity (Wildman–Crippen MR) is 114 cm³/mol. The molecule has 1 fully saturated rings. The highest BCUT2D eigenvalue weighted by atomic mass is 32.1. The summed E-state index contributed by atoms with van der Waals surface area (Å²) in [5, 5.41) is 15.9. The quantitative estimate of drug-likeness (QED) is 0.440. The largest absolute Gasteiger partial charge is 0.443 e. The van der Waals surface area contributed by atoms with E-state index < -0.39 is 0 Å². The Labute approximate surface area is 176 Å². The first-order chi connectivity index (χ1) is 14.7. The van der Waals surface area contributed by atoms with E-state index in [2.05, 4.69) is 20.6 Å². The summed E-state index contributed by atoms with van der Waals surface area (Å²) in [5.74, 6) is 0.924. The van der Waals surface area contributed by atoms with Crippen LogP contribution in [0.2, 0.25) is 0 Å². The number of carbonyl (C=O) groups is 1. The highest BCUT2D eigenvalue weighted by molar-refractivity contribution is 7.17. The molecule has 0 bridgehead atoms. The standard InChI is InChI=1S/C21H21N5O3S/c27-11-13-3-4-16-15(8-13)24-21(26(16)10-14-2-1-7-23-14)25-20(28)19-6-5-18(30-19)17-9-22-12-29-17/h3-6,8-9,12,14,23,27H,1-2,7,10-11H2,(H,24,25,28). The van der Waals surface area contributed by atoms with Gasteiger partial charge in [0.25, 0.3) is 5.91 Å². The van der Waals surface area contributed by atoms with Crippen molar-refractivity contribution in [3.63, 3.8) is 0 Å². The summed E-state index contributed by atoms with van der Waals surface area (Å²) in [6.45, 7) is 1.68. The number of anilines is 1. The SMILES string of the molecule is O=C(Nc1nc2cc(CO)ccc2n1CC1CCCN1)c1ccc(-c2cnco2)s1. The Kier molecular flexibility index (Phi) is 5.07. The Morgan fingerprint density at radius 3 is 3.07 bits per heavy atom. The predicted octanol–water partition coefficient (Wildman–Crippen LogP) is 3.25. The van der Waals surface area contributed by atoms with Crippen LogP contribution in [-0.4, -0.2) is 38.1 Å². The van der Waals surface area contributed by atoms with E-state index in [9.17, 15) is 9.90 Å². The van der Waals surface area contributed by atoms with Crippen LogP contribution >= 0.6 is 11.3 Å². The maximum Gasteiger partial charge on any atom is 0.268 e. The number of aromatic nitrogens is 3. The van der Waals surface area contributed by atoms with Gasteiger partial charge in [-0.3, -0.25) is 10.1 Å². The summed E-state index contributed by atoms with van der Waals surface area (Å²) in [7, 11) is 0. The average Bonchev–Trinajstić information content (AvgIpc) is 3.55. The lowest BCUT2D eigenvalue weighted by Gasteiger charge is -2.15. The molecule has 0 aliphatic carbocycles. The smallest absolute Gasteiger partial charge is 0.268 e. The molecule has 3 N–H and O–H groups in total. The molecule has 4 aromatic rings. The second kappa shape index (κ2) is 8.02. The van der Waals surface area contributed by atoms with Crippen molar-refractivity contribution in [1.29, 1.82) is 0 Å². The van der Waals surface area contributed by atoms with Gasteiger partial charge in [-0.15, -0.1) is 11.3 Å². The van der Waals surface area contributed by atoms with Crippen LogP contribution in [0.15, 0.2) is 47.3 Å². The zero-order valence-corrected chi connectivity index (χ0v) is 17.0. The fourth-order valence-corrected chi connectivity index (χ4v) is 4.63. The molecule has 1 amide bonds. The minimum Gasteiger partial charge on any atom is -0.443 e. The number of amides is 1. The van der Waals surface area contributed by atoms with Crippen molar-refractivity contribution >= 4 is 34.2 Å². The minimum absolute atomic E-state index is 0.0473. The number of fused-ring (bicyclic) bond motifs is 1. The van der Waals surface area contributed by atoms with Crippen LogP contribution in [0.25, 0.3) is 21.7 Å². The summed E-state index contributed by atoms with van der Waals surface area (Å²) in [6, 6.07) is 9.65. The van der Waals surface area contributed by atoms with E-state index in [-0.39, 0.29) is 12.5 Å². The van der Waals surface area contributed by atoms with Gasteiger partial charge in [-0.1, -0.05) is 6.07 Å². The Morgan fingerprint density at radius 2 is 2.30 bits per heavy atom. The normalized spacial score (nSPS) is 16.4. The molecule has 0 spiro atoms. The number of benzene rings is 1. The highest BCUT2D eigenvalue weighted by Crippen LogP contribution is 2.29. The highest BCUT2D eigenvalue weighted by Gasteiger charge is 2.21. The third-order valence-electron chi connectivity index (χ3n) is 5.29. The fourth-order valence-electron chi connectivity index (χ4n) is 3.78. The number of nitrogens with zero attached hydrogens (tertiary/aromatic N) is 3. The van der Waals surface area contributed by atoms with Crippen molar-refractivity contribution in [2.24, 2.45) is 0 Å². The van der Waals surface area contributed by atoms with E-state index in [0.29, 0.717) is 22.6 Å². The van der Waals surface area contributed by atoms with Crippen molar-refractivity contribution in [3.8, 4) is 10.6 Å². The van der Waals surface area contributed by atoms with Crippen LogP contribution in [-0.2, 0) is 13.2 Å². The van der Waals surface area contributed by atoms with Gasteiger partial charge >= 0.3 is 0 Å². The number of aliphatic hydroxyl groups is 1. The number of rotatable bonds is 6. The lowest BCUT2D eigenvalue weighted by Crippen LogP contribution is -2.28. The van der Waals surface area contributed by atoms with Gasteiger partial charge in [-0.05, 0) is 49.2 Å². The van der Waals surface area contributed by atoms with E-state index in [4.69, 9.17) is 4.42 Å². The maximum absolute atomic E-state index is 12.9. The van der Waals surface area contributed by atoms with Crippen LogP contribution in [0.5, 0.6) is 0 Å². The summed E-state index contributed by atoms with van der Waals surface area (Å²) in [4.78, 5) is 22.9. The van der Waals surface area contributed by atoms with Gasteiger partial charge in [-0.25, -0.2) is 9.97 Å². The molecular weight excluding hydrogens is 402 g/mol. The van der Waals surface area contributed by atoms with Crippen molar-refractivity contribution in [1.82, 2.24) is 19.9 Å². The second-order valence-electron chi connectivity index (χ2n) is 7.30. The van der Waals surface area contributed by atoms with Crippen LogP contribution in [0.3, 0.4) is 0 Å². The van der Waals surface area contributed by atoms with Gasteiger partial charge in [-0.2, -0.15) is 0 Å². The third kappa shape index (κ3) is 3.62. The minimum atomic E-state index is -0.218. The molecule has 1 atom stereocenters. The number of carbonyl (C=O) groups excluding carboxylic acids is 1. The van der Waals surface area contributed by atoms with Crippen molar-refractivity contribution in [3.05, 3.63) is 53.4 Å². The Hall–Kier alpha value is -3.01. The van der Waals surface area contributed by atoms with Gasteiger partial charge in [0.2, 0.25) is 5.95 Å². The lowest BCUT2D eigenvalue weighted by atomic mass is 10.2. The van der Waals surface area contributed by atoms with Gasteiger partial charge in [0, 0.05) is 12.6 Å². The number of hydrogen-bond acceptors (Lipinski definition) is 7. The van der Waals surface area contributed by atoms with E-state index in [1.54, 1.807) is 12.3 Å². The van der Waals surface area contributed by atoms with Crippen LogP contribution in [0, 0.1) is 0 Å². The zero-order valence-electron chi connectivity index (χ0n) is 16.2. The molecule has 8 nitrogen and oxygen atoms in total. The van der Waals surface area contributed by atoms with Gasteiger partial charge in [0.15, 0.2) is 12.2 Å². The van der Waals surface area contributed by atoms with E-state index >= 15 is 0 Å². The summed E-state index contributed by atoms with van der Waals surface area (Å²) in [6.07, 6.45) is 5.23. The Morgan fingerprint density at radius 1 is 1.37 bits per heavy atom. The molecule has 1 aliphatic heterocycles. The monoisotopic (exact) mass is 423 g/mol. The number of oxazole rings is 1.